The van der Waals surface area contributed by atoms with Crippen molar-refractivity contribution in [1.82, 2.24) is 5.43 Å². The van der Waals surface area contributed by atoms with Crippen molar-refractivity contribution in [2.24, 2.45) is 5.84 Å². The molecule has 14 heavy (non-hydrogen) atoms. The van der Waals surface area contributed by atoms with Gasteiger partial charge in [0.2, 0.25) is 0 Å². The molecule has 0 spiro atoms. The lowest BCUT2D eigenvalue weighted by Crippen LogP contribution is -2.30. The van der Waals surface area contributed by atoms with E-state index in [1.165, 1.54) is 6.26 Å². The molecule has 1 rings (SSSR count). The minimum Gasteiger partial charge on any atom is -0.459 e. The van der Waals surface area contributed by atoms with Crippen LogP contribution in [0.15, 0.2) is 29.4 Å². The summed E-state index contributed by atoms with van der Waals surface area (Å²) in [5, 5.41) is 0. The van der Waals surface area contributed by atoms with Gasteiger partial charge in [-0.15, -0.1) is 6.58 Å². The largest absolute Gasteiger partial charge is 0.459 e. The third-order valence-corrected chi connectivity index (χ3v) is 1.58. The van der Waals surface area contributed by atoms with Gasteiger partial charge in [0.05, 0.1) is 19.5 Å². The number of carbonyl (C=O) groups excluding carboxylic acids is 1. The highest BCUT2D eigenvalue weighted by atomic mass is 16.5. The minimum atomic E-state index is -0.466. The Bertz CT molecular complexity index is 320. The number of ether oxygens (including phenoxy) is 1. The molecule has 1 amide bonds. The van der Waals surface area contributed by atoms with Crippen LogP contribution in [0.5, 0.6) is 0 Å². The highest BCUT2D eigenvalue weighted by Crippen LogP contribution is 2.11. The molecule has 0 unspecified atom stereocenters. The van der Waals surface area contributed by atoms with Crippen molar-refractivity contribution in [2.45, 2.75) is 6.61 Å². The second-order valence-electron chi connectivity index (χ2n) is 2.55. The fraction of sp³-hybridized carbons (Fsp3) is 0.222. The number of rotatable bonds is 5. The van der Waals surface area contributed by atoms with Crippen LogP contribution in [-0.2, 0) is 11.3 Å². The first-order valence-electron chi connectivity index (χ1n) is 4.05. The van der Waals surface area contributed by atoms with Gasteiger partial charge in [-0.1, -0.05) is 6.08 Å². The quantitative estimate of drug-likeness (QED) is 0.237. The Morgan fingerprint density at radius 3 is 3.21 bits per heavy atom. The van der Waals surface area contributed by atoms with E-state index in [-0.39, 0.29) is 5.76 Å². The molecule has 3 N–H and O–H groups in total. The van der Waals surface area contributed by atoms with Crippen LogP contribution in [0.1, 0.15) is 16.1 Å². The average Bonchev–Trinajstić information content (AvgIpc) is 2.65. The second-order valence-corrected chi connectivity index (χ2v) is 2.55. The van der Waals surface area contributed by atoms with Crippen molar-refractivity contribution in [3.05, 3.63) is 36.3 Å². The number of carbonyl (C=O) groups is 1. The van der Waals surface area contributed by atoms with Crippen LogP contribution in [0.3, 0.4) is 0 Å². The van der Waals surface area contributed by atoms with E-state index >= 15 is 0 Å². The zero-order valence-corrected chi connectivity index (χ0v) is 7.66. The SMILES string of the molecule is C=CCOCc1ccoc1C(=O)NN. The molecule has 0 aliphatic rings. The maximum Gasteiger partial charge on any atom is 0.301 e. The summed E-state index contributed by atoms with van der Waals surface area (Å²) < 4.78 is 10.1. The highest BCUT2D eigenvalue weighted by Gasteiger charge is 2.13. The molecule has 5 nitrogen and oxygen atoms in total. The van der Waals surface area contributed by atoms with Crippen LogP contribution in [-0.4, -0.2) is 12.5 Å². The zero-order chi connectivity index (χ0) is 10.4. The van der Waals surface area contributed by atoms with E-state index in [1.807, 2.05) is 5.43 Å². The number of furan rings is 1. The van der Waals surface area contributed by atoms with Gasteiger partial charge in [0, 0.05) is 5.56 Å². The molecule has 76 valence electrons. The lowest BCUT2D eigenvalue weighted by Gasteiger charge is -2.01. The van der Waals surface area contributed by atoms with E-state index in [9.17, 15) is 4.79 Å². The number of nitrogens with two attached hydrogens (primary N) is 1. The molecule has 0 fully saturated rings. The van der Waals surface area contributed by atoms with Gasteiger partial charge in [-0.3, -0.25) is 10.2 Å². The van der Waals surface area contributed by atoms with Gasteiger partial charge >= 0.3 is 5.91 Å². The van der Waals surface area contributed by atoms with E-state index in [0.29, 0.717) is 18.8 Å². The molecule has 0 aliphatic heterocycles. The van der Waals surface area contributed by atoms with Crippen LogP contribution in [0, 0.1) is 0 Å². The molecule has 0 atom stereocenters. The maximum atomic E-state index is 11.1. The Labute approximate surface area is 81.5 Å². The van der Waals surface area contributed by atoms with Gasteiger partial charge in [0.1, 0.15) is 0 Å². The fourth-order valence-corrected chi connectivity index (χ4v) is 0.966. The lowest BCUT2D eigenvalue weighted by atomic mass is 10.2. The van der Waals surface area contributed by atoms with Crippen molar-refractivity contribution >= 4 is 5.91 Å². The Hall–Kier alpha value is -1.59. The summed E-state index contributed by atoms with van der Waals surface area (Å²) in [4.78, 5) is 11.1. The zero-order valence-electron chi connectivity index (χ0n) is 7.66. The van der Waals surface area contributed by atoms with Gasteiger partial charge in [-0.05, 0) is 6.07 Å². The van der Waals surface area contributed by atoms with E-state index in [1.54, 1.807) is 12.1 Å². The standard InChI is InChI=1S/C9H12N2O3/c1-2-4-13-6-7-3-5-14-8(7)9(12)11-10/h2-3,5H,1,4,6,10H2,(H,11,12). The van der Waals surface area contributed by atoms with Gasteiger partial charge in [0.25, 0.3) is 0 Å². The Morgan fingerprint density at radius 2 is 2.57 bits per heavy atom. The number of amides is 1. The van der Waals surface area contributed by atoms with Crippen molar-refractivity contribution in [1.29, 1.82) is 0 Å². The molecule has 0 aromatic carbocycles. The minimum absolute atomic E-state index is 0.177. The highest BCUT2D eigenvalue weighted by molar-refractivity contribution is 5.92. The van der Waals surface area contributed by atoms with E-state index in [4.69, 9.17) is 15.0 Å². The molecule has 0 bridgehead atoms. The van der Waals surface area contributed by atoms with Crippen LogP contribution >= 0.6 is 0 Å². The molecule has 5 heteroatoms. The number of hydrazine groups is 1. The molecule has 0 saturated heterocycles. The molecule has 1 aromatic rings. The summed E-state index contributed by atoms with van der Waals surface area (Å²) >= 11 is 0. The van der Waals surface area contributed by atoms with Gasteiger partial charge < -0.3 is 9.15 Å². The van der Waals surface area contributed by atoms with Crippen LogP contribution in [0.2, 0.25) is 0 Å². The van der Waals surface area contributed by atoms with Crippen molar-refractivity contribution in [3.63, 3.8) is 0 Å². The predicted molar refractivity (Wildman–Crippen MR) is 50.2 cm³/mol. The van der Waals surface area contributed by atoms with E-state index < -0.39 is 5.91 Å². The van der Waals surface area contributed by atoms with Crippen molar-refractivity contribution < 1.29 is 13.9 Å². The molecule has 0 saturated carbocycles. The van der Waals surface area contributed by atoms with Crippen LogP contribution in [0.25, 0.3) is 0 Å². The number of nitrogens with one attached hydrogen (secondary N) is 1. The van der Waals surface area contributed by atoms with Crippen molar-refractivity contribution in [2.75, 3.05) is 6.61 Å². The number of hydrogen-bond acceptors (Lipinski definition) is 4. The Morgan fingerprint density at radius 1 is 1.79 bits per heavy atom. The molecule has 0 radical (unpaired) electrons. The topological polar surface area (TPSA) is 77.5 Å². The third kappa shape index (κ3) is 2.45. The monoisotopic (exact) mass is 196 g/mol. The maximum absolute atomic E-state index is 11.1. The smallest absolute Gasteiger partial charge is 0.301 e. The van der Waals surface area contributed by atoms with E-state index in [2.05, 4.69) is 6.58 Å². The number of nitrogen functional groups attached to an aromatic ring is 1. The summed E-state index contributed by atoms with van der Waals surface area (Å²) in [6, 6.07) is 1.66. The fourth-order valence-electron chi connectivity index (χ4n) is 0.966. The molecule has 1 heterocycles. The Kier molecular flexibility index (Phi) is 3.90. The third-order valence-electron chi connectivity index (χ3n) is 1.58. The van der Waals surface area contributed by atoms with Crippen LogP contribution < -0.4 is 11.3 Å². The number of hydrogen-bond donors (Lipinski definition) is 2. The summed E-state index contributed by atoms with van der Waals surface area (Å²) in [6.45, 7) is 4.23. The first kappa shape index (κ1) is 10.5. The Balaban J connectivity index is 2.62. The van der Waals surface area contributed by atoms with Crippen molar-refractivity contribution in [3.8, 4) is 0 Å². The van der Waals surface area contributed by atoms with Crippen LogP contribution in [0.4, 0.5) is 0 Å². The summed E-state index contributed by atoms with van der Waals surface area (Å²) in [6.07, 6.45) is 3.04. The molecule has 1 aromatic heterocycles. The summed E-state index contributed by atoms with van der Waals surface area (Å²) in [7, 11) is 0. The first-order chi connectivity index (χ1) is 6.79. The molecular formula is C9H12N2O3. The van der Waals surface area contributed by atoms with E-state index in [0.717, 1.165) is 0 Å². The molecular weight excluding hydrogens is 184 g/mol. The van der Waals surface area contributed by atoms with Gasteiger partial charge in [-0.25, -0.2) is 5.84 Å². The summed E-state index contributed by atoms with van der Waals surface area (Å²) in [5.74, 6) is 4.68. The summed E-state index contributed by atoms with van der Waals surface area (Å²) in [5.41, 5.74) is 2.65. The lowest BCUT2D eigenvalue weighted by molar-refractivity contribution is 0.0916. The van der Waals surface area contributed by atoms with Gasteiger partial charge in [0.15, 0.2) is 5.76 Å². The molecule has 0 aliphatic carbocycles. The second kappa shape index (κ2) is 5.21. The average molecular weight is 196 g/mol. The predicted octanol–water partition coefficient (Wildman–Crippen LogP) is 0.586. The first-order valence-corrected chi connectivity index (χ1v) is 4.05. The van der Waals surface area contributed by atoms with Gasteiger partial charge in [-0.2, -0.15) is 0 Å². The normalized spacial score (nSPS) is 9.79.